The van der Waals surface area contributed by atoms with Crippen LogP contribution in [0.25, 0.3) is 0 Å². The summed E-state index contributed by atoms with van der Waals surface area (Å²) in [6, 6.07) is 8.92. The van der Waals surface area contributed by atoms with Gasteiger partial charge in [0.1, 0.15) is 22.2 Å². The molecule has 0 atom stereocenters. The molecule has 7 nitrogen and oxygen atoms in total. The summed E-state index contributed by atoms with van der Waals surface area (Å²) >= 11 is 0. The summed E-state index contributed by atoms with van der Waals surface area (Å²) in [5.74, 6) is -0.138. The number of sulfonamides is 1. The second-order valence-corrected chi connectivity index (χ2v) is 8.58. The van der Waals surface area contributed by atoms with Crippen molar-refractivity contribution in [3.63, 3.8) is 0 Å². The van der Waals surface area contributed by atoms with Crippen molar-refractivity contribution >= 4 is 15.9 Å². The lowest BCUT2D eigenvalue weighted by atomic mass is 10.1. The molecule has 1 fully saturated rings. The van der Waals surface area contributed by atoms with Crippen molar-refractivity contribution in [3.05, 3.63) is 53.3 Å². The van der Waals surface area contributed by atoms with Crippen LogP contribution in [-0.2, 0) is 10.0 Å². The minimum atomic E-state index is -3.83. The molecule has 156 valence electrons. The summed E-state index contributed by atoms with van der Waals surface area (Å²) in [6.45, 7) is 2.30. The number of hydrogen-bond donors (Lipinski definition) is 0. The average Bonchev–Trinajstić information content (AvgIpc) is 2.74. The van der Waals surface area contributed by atoms with E-state index in [-0.39, 0.29) is 48.3 Å². The number of carbonyl (C=O) groups excluding carboxylic acids is 1. The molecule has 0 spiro atoms. The summed E-state index contributed by atoms with van der Waals surface area (Å²) in [4.78, 5) is 14.2. The first kappa shape index (κ1) is 21.1. The van der Waals surface area contributed by atoms with Gasteiger partial charge in [-0.1, -0.05) is 6.07 Å². The lowest BCUT2D eigenvalue weighted by Gasteiger charge is -2.34. The first-order chi connectivity index (χ1) is 13.8. The van der Waals surface area contributed by atoms with Crippen LogP contribution in [0.4, 0.5) is 4.39 Å². The lowest BCUT2D eigenvalue weighted by Crippen LogP contribution is -2.50. The number of carbonyl (C=O) groups is 1. The molecule has 0 saturated carbocycles. The van der Waals surface area contributed by atoms with E-state index in [4.69, 9.17) is 9.47 Å². The Morgan fingerprint density at radius 3 is 2.28 bits per heavy atom. The highest BCUT2D eigenvalue weighted by atomic mass is 32.2. The molecule has 0 radical (unpaired) electrons. The minimum Gasteiger partial charge on any atom is -0.497 e. The third kappa shape index (κ3) is 4.20. The molecule has 2 aromatic carbocycles. The van der Waals surface area contributed by atoms with Crippen molar-refractivity contribution in [3.8, 4) is 11.5 Å². The number of nitrogens with zero attached hydrogens (tertiary/aromatic N) is 2. The van der Waals surface area contributed by atoms with Crippen molar-refractivity contribution < 1.29 is 27.1 Å². The van der Waals surface area contributed by atoms with Crippen LogP contribution in [0.2, 0.25) is 0 Å². The van der Waals surface area contributed by atoms with Crippen molar-refractivity contribution in [1.82, 2.24) is 9.21 Å². The van der Waals surface area contributed by atoms with Crippen LogP contribution in [0.3, 0.4) is 0 Å². The number of amides is 1. The van der Waals surface area contributed by atoms with Gasteiger partial charge in [0.05, 0.1) is 14.2 Å². The Kier molecular flexibility index (Phi) is 6.09. The molecule has 2 aromatic rings. The molecule has 0 aromatic heterocycles. The van der Waals surface area contributed by atoms with E-state index in [0.29, 0.717) is 11.3 Å². The highest BCUT2D eigenvalue weighted by Gasteiger charge is 2.32. The summed E-state index contributed by atoms with van der Waals surface area (Å²) in [5, 5.41) is 0. The Balaban J connectivity index is 1.76. The predicted octanol–water partition coefficient (Wildman–Crippen LogP) is 2.30. The maximum atomic E-state index is 13.8. The molecule has 0 unspecified atom stereocenters. The first-order valence-electron chi connectivity index (χ1n) is 9.05. The topological polar surface area (TPSA) is 76.2 Å². The zero-order valence-corrected chi connectivity index (χ0v) is 17.3. The molecule has 1 saturated heterocycles. The fourth-order valence-corrected chi connectivity index (χ4v) is 4.76. The largest absolute Gasteiger partial charge is 0.497 e. The molecule has 1 aliphatic rings. The van der Waals surface area contributed by atoms with Gasteiger partial charge in [-0.2, -0.15) is 4.31 Å². The fourth-order valence-electron chi connectivity index (χ4n) is 3.16. The second kappa shape index (κ2) is 8.38. The van der Waals surface area contributed by atoms with E-state index in [1.807, 2.05) is 0 Å². The van der Waals surface area contributed by atoms with E-state index in [9.17, 15) is 17.6 Å². The van der Waals surface area contributed by atoms with Gasteiger partial charge >= 0.3 is 0 Å². The maximum absolute atomic E-state index is 13.8. The highest BCUT2D eigenvalue weighted by Crippen LogP contribution is 2.31. The Labute approximate surface area is 169 Å². The molecule has 3 rings (SSSR count). The number of aryl methyl sites for hydroxylation is 1. The summed E-state index contributed by atoms with van der Waals surface area (Å²) in [6.07, 6.45) is 0. The normalized spacial score (nSPS) is 15.2. The Morgan fingerprint density at radius 1 is 1.00 bits per heavy atom. The quantitative estimate of drug-likeness (QED) is 0.739. The molecule has 29 heavy (non-hydrogen) atoms. The summed E-state index contributed by atoms with van der Waals surface area (Å²) in [5.41, 5.74) is 0.712. The monoisotopic (exact) mass is 422 g/mol. The lowest BCUT2D eigenvalue weighted by molar-refractivity contribution is 0.0697. The smallest absolute Gasteiger partial charge is 0.254 e. The minimum absolute atomic E-state index is 0.0136. The van der Waals surface area contributed by atoms with Crippen LogP contribution in [-0.4, -0.2) is 63.9 Å². The Bertz CT molecular complexity index is 1020. The molecule has 1 amide bonds. The van der Waals surface area contributed by atoms with Crippen LogP contribution in [0.15, 0.2) is 41.3 Å². The standard InChI is InChI=1S/C20H23FN2O5S/c1-14-4-5-15(12-17(14)21)20(24)22-8-10-23(11-9-22)29(25,26)19-13-16(27-2)6-7-18(19)28-3/h4-7,12-13H,8-11H2,1-3H3. The zero-order valence-electron chi connectivity index (χ0n) is 16.5. The number of hydrogen-bond acceptors (Lipinski definition) is 5. The Morgan fingerprint density at radius 2 is 1.69 bits per heavy atom. The Hall–Kier alpha value is -2.65. The van der Waals surface area contributed by atoms with E-state index in [0.717, 1.165) is 0 Å². The van der Waals surface area contributed by atoms with Crippen molar-refractivity contribution in [1.29, 1.82) is 0 Å². The number of methoxy groups -OCH3 is 2. The summed E-state index contributed by atoms with van der Waals surface area (Å²) in [7, 11) is -0.977. The first-order valence-corrected chi connectivity index (χ1v) is 10.5. The van der Waals surface area contributed by atoms with Crippen LogP contribution in [0.5, 0.6) is 11.5 Å². The van der Waals surface area contributed by atoms with Gasteiger partial charge in [-0.15, -0.1) is 0 Å². The van der Waals surface area contributed by atoms with Crippen LogP contribution < -0.4 is 9.47 Å². The third-order valence-electron chi connectivity index (χ3n) is 4.93. The fraction of sp³-hybridized carbons (Fsp3) is 0.350. The van der Waals surface area contributed by atoms with Crippen LogP contribution in [0, 0.1) is 12.7 Å². The average molecular weight is 422 g/mol. The van der Waals surface area contributed by atoms with E-state index in [2.05, 4.69) is 0 Å². The number of piperazine rings is 1. The van der Waals surface area contributed by atoms with Crippen molar-refractivity contribution in [2.24, 2.45) is 0 Å². The van der Waals surface area contributed by atoms with E-state index >= 15 is 0 Å². The van der Waals surface area contributed by atoms with Gasteiger partial charge in [0.25, 0.3) is 5.91 Å². The van der Waals surface area contributed by atoms with E-state index in [1.54, 1.807) is 25.1 Å². The van der Waals surface area contributed by atoms with Gasteiger partial charge < -0.3 is 14.4 Å². The highest BCUT2D eigenvalue weighted by molar-refractivity contribution is 7.89. The number of rotatable bonds is 5. The van der Waals surface area contributed by atoms with E-state index < -0.39 is 15.8 Å². The van der Waals surface area contributed by atoms with Crippen molar-refractivity contribution in [2.45, 2.75) is 11.8 Å². The number of halogens is 1. The van der Waals surface area contributed by atoms with E-state index in [1.165, 1.54) is 41.6 Å². The molecule has 1 aliphatic heterocycles. The van der Waals surface area contributed by atoms with Crippen LogP contribution in [0.1, 0.15) is 15.9 Å². The molecule has 0 bridgehead atoms. The predicted molar refractivity (Wildman–Crippen MR) is 105 cm³/mol. The van der Waals surface area contributed by atoms with Crippen molar-refractivity contribution in [2.75, 3.05) is 40.4 Å². The van der Waals surface area contributed by atoms with Crippen LogP contribution >= 0.6 is 0 Å². The molecule has 0 aliphatic carbocycles. The third-order valence-corrected chi connectivity index (χ3v) is 6.85. The summed E-state index contributed by atoms with van der Waals surface area (Å²) < 4.78 is 51.6. The van der Waals surface area contributed by atoms with Gasteiger partial charge in [0.15, 0.2) is 0 Å². The SMILES string of the molecule is COc1ccc(OC)c(S(=O)(=O)N2CCN(C(=O)c3ccc(C)c(F)c3)CC2)c1. The van der Waals surface area contributed by atoms with Gasteiger partial charge in [-0.3, -0.25) is 4.79 Å². The number of benzene rings is 2. The van der Waals surface area contributed by atoms with Gasteiger partial charge in [0.2, 0.25) is 10.0 Å². The second-order valence-electron chi connectivity index (χ2n) is 6.68. The molecule has 1 heterocycles. The molecule has 0 N–H and O–H groups in total. The molecule has 9 heteroatoms. The van der Waals surface area contributed by atoms with Gasteiger partial charge in [-0.05, 0) is 36.8 Å². The number of ether oxygens (including phenoxy) is 2. The maximum Gasteiger partial charge on any atom is 0.254 e. The molecular formula is C20H23FN2O5S. The molecular weight excluding hydrogens is 399 g/mol. The zero-order chi connectivity index (χ0) is 21.2. The van der Waals surface area contributed by atoms with Gasteiger partial charge in [0, 0.05) is 37.8 Å². The van der Waals surface area contributed by atoms with Gasteiger partial charge in [-0.25, -0.2) is 12.8 Å².